The molecule has 0 unspecified atom stereocenters. The van der Waals surface area contributed by atoms with Crippen molar-refractivity contribution < 1.29 is 14.3 Å². The van der Waals surface area contributed by atoms with E-state index in [1.54, 1.807) is 49.6 Å². The monoisotopic (exact) mass is 367 g/mol. The van der Waals surface area contributed by atoms with Gasteiger partial charge in [0.1, 0.15) is 6.61 Å². The average molecular weight is 368 g/mol. The van der Waals surface area contributed by atoms with E-state index in [2.05, 4.69) is 5.32 Å². The molecule has 3 aromatic rings. The van der Waals surface area contributed by atoms with E-state index in [9.17, 15) is 4.79 Å². The van der Waals surface area contributed by atoms with Gasteiger partial charge in [-0.05, 0) is 42.0 Å². The third kappa shape index (κ3) is 4.55. The first-order chi connectivity index (χ1) is 12.7. The molecule has 5 heteroatoms. The zero-order chi connectivity index (χ0) is 18.4. The first-order valence-corrected chi connectivity index (χ1v) is 8.45. The molecular weight excluding hydrogens is 350 g/mol. The van der Waals surface area contributed by atoms with Crippen molar-refractivity contribution in [2.45, 2.75) is 6.61 Å². The minimum atomic E-state index is -0.250. The number of nitrogens with one attached hydrogen (secondary N) is 1. The SMILES string of the molecule is COc1cc(C(=O)Nc2cccc(Cl)c2)ccc1OCc1ccccc1. The van der Waals surface area contributed by atoms with E-state index in [-0.39, 0.29) is 5.91 Å². The Morgan fingerprint density at radius 2 is 1.77 bits per heavy atom. The third-order valence-corrected chi connectivity index (χ3v) is 3.98. The molecule has 4 nitrogen and oxygen atoms in total. The molecule has 0 saturated carbocycles. The Hall–Kier alpha value is -2.98. The van der Waals surface area contributed by atoms with Crippen molar-refractivity contribution in [3.05, 3.63) is 88.9 Å². The summed E-state index contributed by atoms with van der Waals surface area (Å²) < 4.78 is 11.2. The van der Waals surface area contributed by atoms with Gasteiger partial charge >= 0.3 is 0 Å². The van der Waals surface area contributed by atoms with Crippen molar-refractivity contribution in [3.8, 4) is 11.5 Å². The van der Waals surface area contributed by atoms with Crippen LogP contribution < -0.4 is 14.8 Å². The Balaban J connectivity index is 1.72. The quantitative estimate of drug-likeness (QED) is 0.653. The molecule has 0 radical (unpaired) electrons. The van der Waals surface area contributed by atoms with Crippen molar-refractivity contribution in [2.24, 2.45) is 0 Å². The van der Waals surface area contributed by atoms with Crippen LogP contribution in [0.2, 0.25) is 5.02 Å². The van der Waals surface area contributed by atoms with E-state index < -0.39 is 0 Å². The molecule has 0 aliphatic carbocycles. The van der Waals surface area contributed by atoms with Crippen LogP contribution in [0.5, 0.6) is 11.5 Å². The van der Waals surface area contributed by atoms with E-state index in [4.69, 9.17) is 21.1 Å². The number of hydrogen-bond donors (Lipinski definition) is 1. The highest BCUT2D eigenvalue weighted by Gasteiger charge is 2.12. The van der Waals surface area contributed by atoms with E-state index in [1.165, 1.54) is 0 Å². The molecular formula is C21H18ClNO3. The summed E-state index contributed by atoms with van der Waals surface area (Å²) in [6, 6.07) is 21.9. The summed E-state index contributed by atoms with van der Waals surface area (Å²) in [5.74, 6) is 0.829. The number of amides is 1. The highest BCUT2D eigenvalue weighted by molar-refractivity contribution is 6.30. The normalized spacial score (nSPS) is 10.2. The maximum absolute atomic E-state index is 12.4. The van der Waals surface area contributed by atoms with Crippen LogP contribution in [0, 0.1) is 0 Å². The minimum Gasteiger partial charge on any atom is -0.493 e. The van der Waals surface area contributed by atoms with E-state index in [0.717, 1.165) is 5.56 Å². The van der Waals surface area contributed by atoms with Gasteiger partial charge in [0.15, 0.2) is 11.5 Å². The number of carbonyl (C=O) groups is 1. The number of rotatable bonds is 6. The van der Waals surface area contributed by atoms with Gasteiger partial charge in [0, 0.05) is 16.3 Å². The van der Waals surface area contributed by atoms with Crippen LogP contribution in [-0.4, -0.2) is 13.0 Å². The predicted octanol–water partition coefficient (Wildman–Crippen LogP) is 5.18. The van der Waals surface area contributed by atoms with Crippen molar-refractivity contribution in [1.29, 1.82) is 0 Å². The van der Waals surface area contributed by atoms with Crippen LogP contribution in [0.1, 0.15) is 15.9 Å². The van der Waals surface area contributed by atoms with Gasteiger partial charge in [0.05, 0.1) is 7.11 Å². The average Bonchev–Trinajstić information content (AvgIpc) is 2.67. The Bertz CT molecular complexity index is 897. The van der Waals surface area contributed by atoms with Gasteiger partial charge in [-0.3, -0.25) is 4.79 Å². The lowest BCUT2D eigenvalue weighted by Crippen LogP contribution is -2.12. The fourth-order valence-corrected chi connectivity index (χ4v) is 2.62. The molecule has 132 valence electrons. The largest absolute Gasteiger partial charge is 0.493 e. The molecule has 1 N–H and O–H groups in total. The molecule has 0 fully saturated rings. The fourth-order valence-electron chi connectivity index (χ4n) is 2.43. The summed E-state index contributed by atoms with van der Waals surface area (Å²) in [5, 5.41) is 3.37. The standard InChI is InChI=1S/C21H18ClNO3/c1-25-20-12-16(21(24)23-18-9-5-8-17(22)13-18)10-11-19(20)26-14-15-6-3-2-4-7-15/h2-13H,14H2,1H3,(H,23,24). The molecule has 0 aliphatic heterocycles. The third-order valence-electron chi connectivity index (χ3n) is 3.75. The topological polar surface area (TPSA) is 47.6 Å². The maximum Gasteiger partial charge on any atom is 0.255 e. The lowest BCUT2D eigenvalue weighted by Gasteiger charge is -2.12. The molecule has 0 saturated heterocycles. The number of halogens is 1. The number of anilines is 1. The molecule has 0 aromatic heterocycles. The number of benzene rings is 3. The fraction of sp³-hybridized carbons (Fsp3) is 0.0952. The maximum atomic E-state index is 12.4. The number of methoxy groups -OCH3 is 1. The molecule has 0 spiro atoms. The van der Waals surface area contributed by atoms with Crippen molar-refractivity contribution in [2.75, 3.05) is 12.4 Å². The lowest BCUT2D eigenvalue weighted by molar-refractivity contribution is 0.102. The molecule has 1 amide bonds. The van der Waals surface area contributed by atoms with Gasteiger partial charge < -0.3 is 14.8 Å². The molecule has 0 aliphatic rings. The van der Waals surface area contributed by atoms with Gasteiger partial charge in [0.25, 0.3) is 5.91 Å². The Morgan fingerprint density at radius 3 is 2.50 bits per heavy atom. The highest BCUT2D eigenvalue weighted by Crippen LogP contribution is 2.29. The van der Waals surface area contributed by atoms with Gasteiger partial charge in [-0.25, -0.2) is 0 Å². The van der Waals surface area contributed by atoms with Crippen LogP contribution in [0.25, 0.3) is 0 Å². The van der Waals surface area contributed by atoms with E-state index >= 15 is 0 Å². The molecule has 3 aromatic carbocycles. The Labute approximate surface area is 157 Å². The molecule has 0 heterocycles. The van der Waals surface area contributed by atoms with Crippen LogP contribution >= 0.6 is 11.6 Å². The second-order valence-electron chi connectivity index (χ2n) is 5.60. The van der Waals surface area contributed by atoms with Gasteiger partial charge in [-0.2, -0.15) is 0 Å². The van der Waals surface area contributed by atoms with Gasteiger partial charge in [0.2, 0.25) is 0 Å². The zero-order valence-electron chi connectivity index (χ0n) is 14.2. The van der Waals surface area contributed by atoms with Crippen molar-refractivity contribution >= 4 is 23.2 Å². The zero-order valence-corrected chi connectivity index (χ0v) is 15.0. The van der Waals surface area contributed by atoms with Crippen LogP contribution in [-0.2, 0) is 6.61 Å². The predicted molar refractivity (Wildman–Crippen MR) is 103 cm³/mol. The summed E-state index contributed by atoms with van der Waals surface area (Å²) in [6.07, 6.45) is 0. The van der Waals surface area contributed by atoms with Crippen LogP contribution in [0.3, 0.4) is 0 Å². The van der Waals surface area contributed by atoms with Crippen LogP contribution in [0.15, 0.2) is 72.8 Å². The highest BCUT2D eigenvalue weighted by atomic mass is 35.5. The second kappa shape index (κ2) is 8.41. The molecule has 0 atom stereocenters. The lowest BCUT2D eigenvalue weighted by atomic mass is 10.1. The number of ether oxygens (including phenoxy) is 2. The Kier molecular flexibility index (Phi) is 5.77. The van der Waals surface area contributed by atoms with Gasteiger partial charge in [-0.15, -0.1) is 0 Å². The molecule has 26 heavy (non-hydrogen) atoms. The first-order valence-electron chi connectivity index (χ1n) is 8.07. The molecule has 3 rings (SSSR count). The van der Waals surface area contributed by atoms with E-state index in [1.807, 2.05) is 30.3 Å². The second-order valence-corrected chi connectivity index (χ2v) is 6.04. The summed E-state index contributed by atoms with van der Waals surface area (Å²) in [6.45, 7) is 0.422. The number of hydrogen-bond acceptors (Lipinski definition) is 3. The summed E-state index contributed by atoms with van der Waals surface area (Å²) in [5.41, 5.74) is 2.15. The minimum absolute atomic E-state index is 0.250. The van der Waals surface area contributed by atoms with Crippen LogP contribution in [0.4, 0.5) is 5.69 Å². The van der Waals surface area contributed by atoms with Gasteiger partial charge in [-0.1, -0.05) is 48.0 Å². The summed E-state index contributed by atoms with van der Waals surface area (Å²) >= 11 is 5.94. The summed E-state index contributed by atoms with van der Waals surface area (Å²) in [4.78, 5) is 12.4. The smallest absolute Gasteiger partial charge is 0.255 e. The summed E-state index contributed by atoms with van der Waals surface area (Å²) in [7, 11) is 1.55. The molecule has 0 bridgehead atoms. The van der Waals surface area contributed by atoms with Crippen molar-refractivity contribution in [3.63, 3.8) is 0 Å². The van der Waals surface area contributed by atoms with Crippen molar-refractivity contribution in [1.82, 2.24) is 0 Å². The first kappa shape index (κ1) is 17.8. The Morgan fingerprint density at radius 1 is 0.962 bits per heavy atom. The van der Waals surface area contributed by atoms with E-state index in [0.29, 0.717) is 34.4 Å². The number of carbonyl (C=O) groups excluding carboxylic acids is 1.